The Balaban J connectivity index is 2.33. The van der Waals surface area contributed by atoms with E-state index in [1.807, 2.05) is 26.8 Å². The topological polar surface area (TPSA) is 55.8 Å². The van der Waals surface area contributed by atoms with Crippen LogP contribution >= 0.6 is 11.6 Å². The van der Waals surface area contributed by atoms with Crippen molar-refractivity contribution in [1.82, 2.24) is 0 Å². The van der Waals surface area contributed by atoms with Gasteiger partial charge in [0.15, 0.2) is 6.07 Å². The molecule has 0 unspecified atom stereocenters. The molecule has 0 atom stereocenters. The Morgan fingerprint density at radius 1 is 1.32 bits per heavy atom. The number of carbonyl (C=O) groups excluding carboxylic acids is 2. The van der Waals surface area contributed by atoms with Crippen LogP contribution in [0.5, 0.6) is 0 Å². The van der Waals surface area contributed by atoms with Crippen LogP contribution in [-0.2, 0) is 15.9 Å². The van der Waals surface area contributed by atoms with Gasteiger partial charge in [-0.2, -0.15) is 0 Å². The standard InChI is InChI=1S/C16H20ClNO4/c1-16(2,3)22-15(20)18-9-5-7-11-12(14(19)21-10-17)6-4-8-13(11)18/h4,6,8H,5,7,9-10H2,1-3H3. The molecule has 0 bridgehead atoms. The van der Waals surface area contributed by atoms with Crippen LogP contribution in [0, 0.1) is 0 Å². The monoisotopic (exact) mass is 325 g/mol. The van der Waals surface area contributed by atoms with Gasteiger partial charge in [0.05, 0.1) is 11.3 Å². The largest absolute Gasteiger partial charge is 0.446 e. The lowest BCUT2D eigenvalue weighted by atomic mass is 9.96. The average Bonchev–Trinajstić information content (AvgIpc) is 2.44. The van der Waals surface area contributed by atoms with Gasteiger partial charge in [-0.05, 0) is 51.3 Å². The van der Waals surface area contributed by atoms with Crippen molar-refractivity contribution in [2.45, 2.75) is 39.2 Å². The van der Waals surface area contributed by atoms with E-state index < -0.39 is 17.7 Å². The molecule has 0 aromatic heterocycles. The van der Waals surface area contributed by atoms with Gasteiger partial charge in [0.2, 0.25) is 0 Å². The number of carbonyl (C=O) groups is 2. The molecule has 0 saturated carbocycles. The van der Waals surface area contributed by atoms with Crippen LogP contribution in [0.4, 0.5) is 10.5 Å². The number of rotatable bonds is 2. The van der Waals surface area contributed by atoms with Crippen LogP contribution in [0.15, 0.2) is 18.2 Å². The van der Waals surface area contributed by atoms with Crippen molar-refractivity contribution < 1.29 is 19.1 Å². The van der Waals surface area contributed by atoms with Crippen LogP contribution in [-0.4, -0.2) is 30.3 Å². The van der Waals surface area contributed by atoms with Gasteiger partial charge < -0.3 is 9.47 Å². The number of hydrogen-bond donors (Lipinski definition) is 0. The van der Waals surface area contributed by atoms with E-state index in [2.05, 4.69) is 0 Å². The van der Waals surface area contributed by atoms with E-state index >= 15 is 0 Å². The Morgan fingerprint density at radius 3 is 2.68 bits per heavy atom. The molecule has 2 rings (SSSR count). The van der Waals surface area contributed by atoms with Crippen LogP contribution in [0.25, 0.3) is 0 Å². The Bertz CT molecular complexity index is 580. The molecule has 1 aliphatic rings. The third kappa shape index (κ3) is 3.71. The first-order valence-corrected chi connectivity index (χ1v) is 7.72. The highest BCUT2D eigenvalue weighted by Crippen LogP contribution is 2.31. The second kappa shape index (κ2) is 6.57. The fourth-order valence-electron chi connectivity index (χ4n) is 2.45. The molecule has 0 N–H and O–H groups in total. The molecule has 1 aromatic carbocycles. The summed E-state index contributed by atoms with van der Waals surface area (Å²) < 4.78 is 10.3. The van der Waals surface area contributed by atoms with E-state index in [-0.39, 0.29) is 6.07 Å². The van der Waals surface area contributed by atoms with Crippen LogP contribution in [0.2, 0.25) is 0 Å². The first kappa shape index (κ1) is 16.6. The second-order valence-electron chi connectivity index (χ2n) is 6.08. The summed E-state index contributed by atoms with van der Waals surface area (Å²) in [6.07, 6.45) is 1.07. The van der Waals surface area contributed by atoms with Crippen LogP contribution < -0.4 is 4.90 Å². The van der Waals surface area contributed by atoms with E-state index in [1.165, 1.54) is 0 Å². The normalized spacial score (nSPS) is 14.3. The number of alkyl halides is 1. The zero-order valence-electron chi connectivity index (χ0n) is 13.0. The molecule has 22 heavy (non-hydrogen) atoms. The van der Waals surface area contributed by atoms with E-state index in [4.69, 9.17) is 21.1 Å². The van der Waals surface area contributed by atoms with Crippen molar-refractivity contribution in [2.75, 3.05) is 17.5 Å². The molecule has 5 nitrogen and oxygen atoms in total. The molecule has 120 valence electrons. The number of nitrogens with zero attached hydrogens (tertiary/aromatic N) is 1. The summed E-state index contributed by atoms with van der Waals surface area (Å²) in [7, 11) is 0. The number of ether oxygens (including phenoxy) is 2. The molecule has 1 aliphatic heterocycles. The smallest absolute Gasteiger partial charge is 0.414 e. The SMILES string of the molecule is CC(C)(C)OC(=O)N1CCCc2c(C(=O)OCCl)cccc21. The number of esters is 1. The lowest BCUT2D eigenvalue weighted by molar-refractivity contribution is 0.0558. The van der Waals surface area contributed by atoms with Crippen molar-refractivity contribution in [3.8, 4) is 0 Å². The molecule has 0 fully saturated rings. The number of benzene rings is 1. The minimum Gasteiger partial charge on any atom is -0.446 e. The molecule has 1 amide bonds. The number of halogens is 1. The molecular weight excluding hydrogens is 306 g/mol. The van der Waals surface area contributed by atoms with Crippen LogP contribution in [0.3, 0.4) is 0 Å². The van der Waals surface area contributed by atoms with Crippen molar-refractivity contribution in [1.29, 1.82) is 0 Å². The number of anilines is 1. The van der Waals surface area contributed by atoms with Gasteiger partial charge >= 0.3 is 12.1 Å². The Morgan fingerprint density at radius 2 is 2.05 bits per heavy atom. The van der Waals surface area contributed by atoms with Crippen molar-refractivity contribution >= 4 is 29.4 Å². The maximum Gasteiger partial charge on any atom is 0.414 e. The highest BCUT2D eigenvalue weighted by molar-refractivity contribution is 6.17. The lowest BCUT2D eigenvalue weighted by Gasteiger charge is -2.32. The summed E-state index contributed by atoms with van der Waals surface area (Å²) in [5.74, 6) is -0.474. The van der Waals surface area contributed by atoms with Gasteiger partial charge in [-0.3, -0.25) is 4.90 Å². The zero-order chi connectivity index (χ0) is 16.3. The highest BCUT2D eigenvalue weighted by Gasteiger charge is 2.29. The summed E-state index contributed by atoms with van der Waals surface area (Å²) in [6.45, 7) is 6.04. The fraction of sp³-hybridized carbons (Fsp3) is 0.500. The van der Waals surface area contributed by atoms with E-state index in [0.29, 0.717) is 24.2 Å². The lowest BCUT2D eigenvalue weighted by Crippen LogP contribution is -2.40. The summed E-state index contributed by atoms with van der Waals surface area (Å²) in [5, 5.41) is 0. The third-order valence-electron chi connectivity index (χ3n) is 3.27. The molecular formula is C16H20ClNO4. The molecule has 0 spiro atoms. The zero-order valence-corrected chi connectivity index (χ0v) is 13.8. The first-order valence-electron chi connectivity index (χ1n) is 7.19. The summed E-state index contributed by atoms with van der Waals surface area (Å²) in [6, 6.07) is 5.03. The molecule has 0 saturated heterocycles. The highest BCUT2D eigenvalue weighted by atomic mass is 35.5. The molecule has 0 radical (unpaired) electrons. The summed E-state index contributed by atoms with van der Waals surface area (Å²) >= 11 is 5.45. The van der Waals surface area contributed by atoms with Gasteiger partial charge in [0, 0.05) is 6.54 Å². The quantitative estimate of drug-likeness (QED) is 0.614. The molecule has 0 aliphatic carbocycles. The maximum absolute atomic E-state index is 12.3. The maximum atomic E-state index is 12.3. The Kier molecular flexibility index (Phi) is 4.96. The molecule has 6 heteroatoms. The van der Waals surface area contributed by atoms with Gasteiger partial charge in [0.1, 0.15) is 5.60 Å². The van der Waals surface area contributed by atoms with Gasteiger partial charge in [-0.15, -0.1) is 0 Å². The molecule has 1 aromatic rings. The minimum atomic E-state index is -0.566. The van der Waals surface area contributed by atoms with E-state index in [1.54, 1.807) is 17.0 Å². The van der Waals surface area contributed by atoms with E-state index in [0.717, 1.165) is 12.0 Å². The van der Waals surface area contributed by atoms with Crippen LogP contribution in [0.1, 0.15) is 43.1 Å². The number of amides is 1. The predicted octanol–water partition coefficient (Wildman–Crippen LogP) is 3.73. The number of hydrogen-bond acceptors (Lipinski definition) is 4. The van der Waals surface area contributed by atoms with Crippen molar-refractivity contribution in [2.24, 2.45) is 0 Å². The summed E-state index contributed by atoms with van der Waals surface area (Å²) in [5.41, 5.74) is 1.38. The number of fused-ring (bicyclic) bond motifs is 1. The molecule has 1 heterocycles. The Hall–Kier alpha value is -1.75. The fourth-order valence-corrected chi connectivity index (χ4v) is 2.55. The van der Waals surface area contributed by atoms with Gasteiger partial charge in [-0.25, -0.2) is 9.59 Å². The minimum absolute atomic E-state index is 0.196. The van der Waals surface area contributed by atoms with Crippen molar-refractivity contribution in [3.05, 3.63) is 29.3 Å². The average molecular weight is 326 g/mol. The Labute approximate surface area is 135 Å². The van der Waals surface area contributed by atoms with E-state index in [9.17, 15) is 9.59 Å². The van der Waals surface area contributed by atoms with Gasteiger partial charge in [0.25, 0.3) is 0 Å². The predicted molar refractivity (Wildman–Crippen MR) is 84.5 cm³/mol. The van der Waals surface area contributed by atoms with Gasteiger partial charge in [-0.1, -0.05) is 17.7 Å². The third-order valence-corrected chi connectivity index (χ3v) is 3.38. The second-order valence-corrected chi connectivity index (χ2v) is 6.30. The summed E-state index contributed by atoms with van der Waals surface area (Å²) in [4.78, 5) is 25.9. The van der Waals surface area contributed by atoms with Crippen molar-refractivity contribution in [3.63, 3.8) is 0 Å². The first-order chi connectivity index (χ1) is 10.3.